The minimum Gasteiger partial charge on any atom is -0.391 e. The Kier molecular flexibility index (Phi) is 5.60. The summed E-state index contributed by atoms with van der Waals surface area (Å²) in [6.07, 6.45) is -9.51. The predicted octanol–water partition coefficient (Wildman–Crippen LogP) is -5.39. The van der Waals surface area contributed by atoms with Gasteiger partial charge >= 0.3 is 0 Å². The van der Waals surface area contributed by atoms with Gasteiger partial charge in [0.05, 0.1) is 19.8 Å². The fourth-order valence-corrected chi connectivity index (χ4v) is 2.55. The van der Waals surface area contributed by atoms with Crippen molar-refractivity contribution in [1.29, 1.82) is 0 Å². The summed E-state index contributed by atoms with van der Waals surface area (Å²) in [6.45, 7) is -2.83. The Morgan fingerprint density at radius 3 is 2.13 bits per heavy atom. The first-order chi connectivity index (χ1) is 10.7. The van der Waals surface area contributed by atoms with E-state index in [1.54, 1.807) is 0 Å². The second-order valence-electron chi connectivity index (χ2n) is 5.69. The quantitative estimate of drug-likeness (QED) is 0.238. The lowest BCUT2D eigenvalue weighted by molar-refractivity contribution is -0.356. The Morgan fingerprint density at radius 2 is 1.61 bits per heavy atom. The van der Waals surface area contributed by atoms with Crippen LogP contribution in [0.5, 0.6) is 0 Å². The largest absolute Gasteiger partial charge is 0.391 e. The topological polar surface area (TPSA) is 190 Å². The molecule has 0 amide bonds. The monoisotopic (exact) mass is 342 g/mol. The van der Waals surface area contributed by atoms with Crippen LogP contribution in [-0.2, 0) is 14.2 Å². The van der Waals surface area contributed by atoms with Crippen molar-refractivity contribution >= 4 is 0 Å². The summed E-state index contributed by atoms with van der Waals surface area (Å²) in [5, 5.41) is 76.6. The molecular weight excluding hydrogens is 320 g/mol. The van der Waals surface area contributed by atoms with Crippen LogP contribution in [0.1, 0.15) is 0 Å². The van der Waals surface area contributed by atoms with Crippen LogP contribution in [0.15, 0.2) is 0 Å². The molecule has 2 saturated heterocycles. The van der Waals surface area contributed by atoms with Gasteiger partial charge in [-0.15, -0.1) is 0 Å². The summed E-state index contributed by atoms with van der Waals surface area (Å²) in [6, 6.07) is 0. The highest BCUT2D eigenvalue weighted by Crippen LogP contribution is 2.32. The summed E-state index contributed by atoms with van der Waals surface area (Å²) >= 11 is 0. The third-order valence-corrected chi connectivity index (χ3v) is 4.13. The van der Waals surface area contributed by atoms with Crippen molar-refractivity contribution in [3.05, 3.63) is 0 Å². The Morgan fingerprint density at radius 1 is 0.957 bits per heavy atom. The molecule has 0 radical (unpaired) electrons. The molecule has 2 aliphatic rings. The summed E-state index contributed by atoms with van der Waals surface area (Å²) in [7, 11) is 0. The average Bonchev–Trinajstić information content (AvgIpc) is 2.77. The number of aliphatic hydroxyl groups is 8. The Hall–Kier alpha value is -0.440. The third kappa shape index (κ3) is 3.23. The van der Waals surface area contributed by atoms with Gasteiger partial charge in [-0.05, 0) is 0 Å². The van der Waals surface area contributed by atoms with Crippen LogP contribution in [0.25, 0.3) is 0 Å². The summed E-state index contributed by atoms with van der Waals surface area (Å²) < 4.78 is 15.2. The molecule has 2 aliphatic heterocycles. The second-order valence-corrected chi connectivity index (χ2v) is 5.69. The maximum absolute atomic E-state index is 9.94. The van der Waals surface area contributed by atoms with E-state index in [2.05, 4.69) is 0 Å². The van der Waals surface area contributed by atoms with Crippen LogP contribution in [-0.4, -0.2) is 115 Å². The molecule has 136 valence electrons. The van der Waals surface area contributed by atoms with E-state index >= 15 is 0 Å². The van der Waals surface area contributed by atoms with Gasteiger partial charge in [0.15, 0.2) is 0 Å². The van der Waals surface area contributed by atoms with Crippen molar-refractivity contribution in [2.45, 2.75) is 48.2 Å². The van der Waals surface area contributed by atoms with Gasteiger partial charge in [0.1, 0.15) is 43.2 Å². The molecule has 0 aromatic heterocycles. The smallest absolute Gasteiger partial charge is 0.221 e. The van der Waals surface area contributed by atoms with Gasteiger partial charge in [-0.25, -0.2) is 0 Å². The van der Waals surface area contributed by atoms with Crippen molar-refractivity contribution in [2.24, 2.45) is 0 Å². The molecule has 0 bridgehead atoms. The third-order valence-electron chi connectivity index (χ3n) is 4.13. The molecule has 11 nitrogen and oxygen atoms in total. The van der Waals surface area contributed by atoms with E-state index in [1.807, 2.05) is 0 Å². The highest BCUT2D eigenvalue weighted by Gasteiger charge is 2.55. The van der Waals surface area contributed by atoms with Gasteiger partial charge in [0.2, 0.25) is 11.6 Å². The van der Waals surface area contributed by atoms with Crippen LogP contribution < -0.4 is 0 Å². The summed E-state index contributed by atoms with van der Waals surface area (Å²) in [4.78, 5) is 0. The molecule has 0 aromatic carbocycles. The van der Waals surface area contributed by atoms with Crippen LogP contribution >= 0.6 is 0 Å². The Bertz CT molecular complexity index is 408. The van der Waals surface area contributed by atoms with E-state index in [-0.39, 0.29) is 0 Å². The van der Waals surface area contributed by atoms with Gasteiger partial charge in [-0.2, -0.15) is 0 Å². The molecule has 2 fully saturated rings. The van der Waals surface area contributed by atoms with Gasteiger partial charge < -0.3 is 55.1 Å². The van der Waals surface area contributed by atoms with E-state index in [9.17, 15) is 35.7 Å². The summed E-state index contributed by atoms with van der Waals surface area (Å²) in [5.74, 6) is -4.45. The maximum Gasteiger partial charge on any atom is 0.221 e. The first kappa shape index (κ1) is 18.9. The zero-order valence-corrected chi connectivity index (χ0v) is 12.1. The number of rotatable bonds is 5. The standard InChI is InChI=1S/C12H22O11/c13-3-11(20)9(18)8(17)6(23-11)2-22-12(4-14)10(19)7(16)5(15)1-21-12/h5-10,13-20H,1-4H2/t5-,6?,7-,8-,9-,10-,11?,12+/m1/s1. The minimum absolute atomic E-state index is 0.421. The second kappa shape index (κ2) is 6.82. The lowest BCUT2D eigenvalue weighted by Gasteiger charge is -2.44. The first-order valence-corrected chi connectivity index (χ1v) is 7.01. The first-order valence-electron chi connectivity index (χ1n) is 7.01. The minimum atomic E-state index is -2.37. The molecule has 2 rings (SSSR count). The molecule has 0 spiro atoms. The zero-order valence-electron chi connectivity index (χ0n) is 12.1. The highest BCUT2D eigenvalue weighted by atomic mass is 16.7. The number of ether oxygens (including phenoxy) is 3. The molecule has 11 heteroatoms. The van der Waals surface area contributed by atoms with E-state index in [0.717, 1.165) is 0 Å². The summed E-state index contributed by atoms with van der Waals surface area (Å²) in [5.41, 5.74) is 0. The van der Waals surface area contributed by atoms with Gasteiger partial charge in [-0.1, -0.05) is 0 Å². The molecule has 0 aliphatic carbocycles. The van der Waals surface area contributed by atoms with Gasteiger partial charge in [-0.3, -0.25) is 0 Å². The molecule has 2 heterocycles. The van der Waals surface area contributed by atoms with Crippen molar-refractivity contribution in [3.63, 3.8) is 0 Å². The van der Waals surface area contributed by atoms with Gasteiger partial charge in [0.25, 0.3) is 0 Å². The molecule has 23 heavy (non-hydrogen) atoms. The highest BCUT2D eigenvalue weighted by molar-refractivity contribution is 4.97. The van der Waals surface area contributed by atoms with E-state index in [0.29, 0.717) is 0 Å². The molecule has 2 unspecified atom stereocenters. The lowest BCUT2D eigenvalue weighted by Crippen LogP contribution is -2.64. The number of hydrogen-bond donors (Lipinski definition) is 8. The number of hydrogen-bond acceptors (Lipinski definition) is 11. The number of aliphatic hydroxyl groups excluding tert-OH is 7. The molecule has 0 aromatic rings. The average molecular weight is 342 g/mol. The van der Waals surface area contributed by atoms with Crippen molar-refractivity contribution in [1.82, 2.24) is 0 Å². The van der Waals surface area contributed by atoms with Crippen LogP contribution in [0.2, 0.25) is 0 Å². The van der Waals surface area contributed by atoms with E-state index < -0.39 is 74.6 Å². The molecule has 8 atom stereocenters. The van der Waals surface area contributed by atoms with Crippen molar-refractivity contribution in [3.8, 4) is 0 Å². The molecule has 8 N–H and O–H groups in total. The van der Waals surface area contributed by atoms with Crippen molar-refractivity contribution in [2.75, 3.05) is 26.4 Å². The van der Waals surface area contributed by atoms with Crippen LogP contribution in [0.4, 0.5) is 0 Å². The van der Waals surface area contributed by atoms with Gasteiger partial charge in [0, 0.05) is 0 Å². The lowest BCUT2D eigenvalue weighted by atomic mass is 9.97. The van der Waals surface area contributed by atoms with E-state index in [1.165, 1.54) is 0 Å². The normalized spacial score (nSPS) is 51.1. The van der Waals surface area contributed by atoms with Crippen LogP contribution in [0, 0.1) is 0 Å². The Labute approximate surface area is 130 Å². The van der Waals surface area contributed by atoms with E-state index in [4.69, 9.17) is 19.3 Å². The maximum atomic E-state index is 9.94. The molecule has 0 saturated carbocycles. The molecular formula is C12H22O11. The predicted molar refractivity (Wildman–Crippen MR) is 68.7 cm³/mol. The Balaban J connectivity index is 2.04. The SMILES string of the molecule is OCC1(O)OC(CO[C@]2(CO)OC[C@@H](O)[C@@H](O)[C@H]2O)[C@@H](O)[C@H]1O. The van der Waals surface area contributed by atoms with Crippen molar-refractivity contribution < 1.29 is 55.1 Å². The fraction of sp³-hybridized carbons (Fsp3) is 1.00. The fourth-order valence-electron chi connectivity index (χ4n) is 2.55. The van der Waals surface area contributed by atoms with Crippen LogP contribution in [0.3, 0.4) is 0 Å². The zero-order chi connectivity index (χ0) is 17.4.